The van der Waals surface area contributed by atoms with E-state index in [1.54, 1.807) is 0 Å². The highest BCUT2D eigenvalue weighted by atomic mass is 15.1. The first kappa shape index (κ1) is 37.1. The van der Waals surface area contributed by atoms with Gasteiger partial charge in [-0.2, -0.15) is 0 Å². The van der Waals surface area contributed by atoms with E-state index in [9.17, 15) is 0 Å². The normalized spacial score (nSPS) is 12.9. The van der Waals surface area contributed by atoms with Crippen LogP contribution in [-0.4, -0.2) is 0 Å². The molecule has 0 amide bonds. The third-order valence-corrected chi connectivity index (χ3v) is 13.7. The fraction of sp³-hybridized carbons (Fsp3) is 0.0820. The van der Waals surface area contributed by atoms with Gasteiger partial charge in [0, 0.05) is 34.1 Å². The standard InChI is InChI=1S/C61H46N2/c1-39-13-23-46(24-14-39)62(47-25-15-40(2)16-26-47)50-31-21-43-37-56-55-33-22-44-35-51(63(48-27-17-41(3)18-28-48)49-29-19-42(4)20-30-49)32-34-52(44)60(55)61(59(56)38-45(43)36-50)57-11-7-5-9-53(57)54-10-6-8-12-58(54)61/h5-38H,1-4H3. The fourth-order valence-corrected chi connectivity index (χ4v) is 10.6. The Morgan fingerprint density at radius 1 is 0.286 bits per heavy atom. The van der Waals surface area contributed by atoms with Crippen LogP contribution in [0.1, 0.15) is 44.5 Å². The minimum absolute atomic E-state index is 0.510. The Morgan fingerprint density at radius 2 is 0.698 bits per heavy atom. The van der Waals surface area contributed by atoms with Crippen molar-refractivity contribution in [2.75, 3.05) is 9.80 Å². The number of fused-ring (bicyclic) bond motifs is 13. The van der Waals surface area contributed by atoms with Crippen LogP contribution in [0.3, 0.4) is 0 Å². The summed E-state index contributed by atoms with van der Waals surface area (Å²) >= 11 is 0. The van der Waals surface area contributed by atoms with Crippen LogP contribution in [0.2, 0.25) is 0 Å². The lowest BCUT2D eigenvalue weighted by molar-refractivity contribution is 0.802. The molecule has 2 aliphatic carbocycles. The first-order chi connectivity index (χ1) is 30.8. The van der Waals surface area contributed by atoms with Crippen molar-refractivity contribution in [1.82, 2.24) is 0 Å². The molecule has 0 aromatic heterocycles. The van der Waals surface area contributed by atoms with E-state index >= 15 is 0 Å². The van der Waals surface area contributed by atoms with Crippen LogP contribution in [0.15, 0.2) is 206 Å². The largest absolute Gasteiger partial charge is 0.310 e. The van der Waals surface area contributed by atoms with Gasteiger partial charge in [-0.3, -0.25) is 0 Å². The third kappa shape index (κ3) is 5.71. The molecule has 2 aliphatic rings. The van der Waals surface area contributed by atoms with Gasteiger partial charge >= 0.3 is 0 Å². The zero-order valence-corrected chi connectivity index (χ0v) is 36.0. The number of benzene rings is 10. The molecule has 1 spiro atoms. The Labute approximate surface area is 370 Å². The molecule has 12 rings (SSSR count). The smallest absolute Gasteiger partial charge is 0.0731 e. The number of nitrogens with zero attached hydrogens (tertiary/aromatic N) is 2. The van der Waals surface area contributed by atoms with Crippen LogP contribution in [0.5, 0.6) is 0 Å². The molecule has 0 aliphatic heterocycles. The highest BCUT2D eigenvalue weighted by Gasteiger charge is 2.52. The molecule has 10 aromatic carbocycles. The highest BCUT2D eigenvalue weighted by molar-refractivity contribution is 6.07. The Hall–Kier alpha value is -7.68. The van der Waals surface area contributed by atoms with Crippen molar-refractivity contribution in [2.45, 2.75) is 33.1 Å². The second-order valence-electron chi connectivity index (χ2n) is 17.7. The van der Waals surface area contributed by atoms with Gasteiger partial charge in [-0.05, 0) is 179 Å². The van der Waals surface area contributed by atoms with Gasteiger partial charge in [-0.25, -0.2) is 0 Å². The van der Waals surface area contributed by atoms with Gasteiger partial charge in [0.05, 0.1) is 5.41 Å². The quantitative estimate of drug-likeness (QED) is 0.165. The lowest BCUT2D eigenvalue weighted by Crippen LogP contribution is -2.26. The minimum Gasteiger partial charge on any atom is -0.310 e. The van der Waals surface area contributed by atoms with Crippen molar-refractivity contribution >= 4 is 55.7 Å². The monoisotopic (exact) mass is 806 g/mol. The zero-order chi connectivity index (χ0) is 42.4. The third-order valence-electron chi connectivity index (χ3n) is 13.7. The van der Waals surface area contributed by atoms with Gasteiger partial charge in [0.2, 0.25) is 0 Å². The van der Waals surface area contributed by atoms with Gasteiger partial charge in [-0.1, -0.05) is 144 Å². The molecule has 2 nitrogen and oxygen atoms in total. The summed E-state index contributed by atoms with van der Waals surface area (Å²) in [7, 11) is 0. The van der Waals surface area contributed by atoms with Crippen molar-refractivity contribution in [2.24, 2.45) is 0 Å². The molecule has 0 N–H and O–H groups in total. The van der Waals surface area contributed by atoms with Crippen molar-refractivity contribution in [3.63, 3.8) is 0 Å². The molecular weight excluding hydrogens is 761 g/mol. The number of hydrogen-bond donors (Lipinski definition) is 0. The molecule has 0 bridgehead atoms. The predicted octanol–water partition coefficient (Wildman–Crippen LogP) is 16.5. The number of hydrogen-bond acceptors (Lipinski definition) is 2. The number of anilines is 6. The van der Waals surface area contributed by atoms with E-state index in [1.807, 2.05) is 0 Å². The topological polar surface area (TPSA) is 6.48 Å². The lowest BCUT2D eigenvalue weighted by atomic mass is 9.69. The number of rotatable bonds is 6. The maximum absolute atomic E-state index is 2.52. The molecule has 0 atom stereocenters. The molecule has 0 saturated carbocycles. The van der Waals surface area contributed by atoms with Gasteiger partial charge in [0.25, 0.3) is 0 Å². The molecule has 0 fully saturated rings. The predicted molar refractivity (Wildman–Crippen MR) is 266 cm³/mol. The summed E-state index contributed by atoms with van der Waals surface area (Å²) in [6.07, 6.45) is 0. The van der Waals surface area contributed by atoms with Crippen LogP contribution in [0.4, 0.5) is 34.1 Å². The lowest BCUT2D eigenvalue weighted by Gasteiger charge is -2.32. The molecular formula is C61H46N2. The summed E-state index contributed by atoms with van der Waals surface area (Å²) in [6, 6.07) is 77.6. The maximum Gasteiger partial charge on any atom is 0.0731 e. The van der Waals surface area contributed by atoms with Crippen molar-refractivity contribution in [3.05, 3.63) is 251 Å². The molecule has 0 heterocycles. The van der Waals surface area contributed by atoms with Crippen LogP contribution in [0.25, 0.3) is 43.8 Å². The maximum atomic E-state index is 2.52. The Balaban J connectivity index is 1.10. The van der Waals surface area contributed by atoms with Crippen LogP contribution in [-0.2, 0) is 5.41 Å². The molecule has 10 aromatic rings. The average Bonchev–Trinajstić information content (AvgIpc) is 3.77. The molecule has 0 saturated heterocycles. The SMILES string of the molecule is Cc1ccc(N(c2ccc(C)cc2)c2ccc3cc4c(cc3c2)C2(c3ccccc3-c3ccccc32)c2c-4ccc3cc(N(c4ccc(C)cc4)c4ccc(C)cc4)ccc23)cc1. The van der Waals surface area contributed by atoms with Crippen LogP contribution < -0.4 is 9.80 Å². The van der Waals surface area contributed by atoms with E-state index < -0.39 is 5.41 Å². The minimum atomic E-state index is -0.510. The Morgan fingerprint density at radius 3 is 1.19 bits per heavy atom. The van der Waals surface area contributed by atoms with E-state index in [-0.39, 0.29) is 0 Å². The molecule has 300 valence electrons. The summed E-state index contributed by atoms with van der Waals surface area (Å²) < 4.78 is 0. The highest BCUT2D eigenvalue weighted by Crippen LogP contribution is 2.64. The van der Waals surface area contributed by atoms with Gasteiger partial charge in [-0.15, -0.1) is 0 Å². The van der Waals surface area contributed by atoms with Crippen molar-refractivity contribution in [3.8, 4) is 22.3 Å². The molecule has 2 heteroatoms. The summed E-state index contributed by atoms with van der Waals surface area (Å²) in [6.45, 7) is 8.60. The summed E-state index contributed by atoms with van der Waals surface area (Å²) in [5.74, 6) is 0. The van der Waals surface area contributed by atoms with E-state index in [2.05, 4.69) is 244 Å². The Kier molecular flexibility index (Phi) is 8.36. The average molecular weight is 807 g/mol. The van der Waals surface area contributed by atoms with Crippen LogP contribution in [0, 0.1) is 27.7 Å². The number of aryl methyl sites for hydroxylation is 4. The molecule has 0 radical (unpaired) electrons. The van der Waals surface area contributed by atoms with Gasteiger partial charge in [0.1, 0.15) is 0 Å². The van der Waals surface area contributed by atoms with E-state index in [4.69, 9.17) is 0 Å². The second kappa shape index (κ2) is 14.2. The summed E-state index contributed by atoms with van der Waals surface area (Å²) in [5.41, 5.74) is 21.9. The summed E-state index contributed by atoms with van der Waals surface area (Å²) in [4.78, 5) is 4.77. The Bertz CT molecular complexity index is 3280. The zero-order valence-electron chi connectivity index (χ0n) is 36.0. The fourth-order valence-electron chi connectivity index (χ4n) is 10.6. The van der Waals surface area contributed by atoms with Crippen molar-refractivity contribution in [1.29, 1.82) is 0 Å². The summed E-state index contributed by atoms with van der Waals surface area (Å²) in [5, 5.41) is 4.96. The van der Waals surface area contributed by atoms with Crippen molar-refractivity contribution < 1.29 is 0 Å². The first-order valence-electron chi connectivity index (χ1n) is 22.1. The van der Waals surface area contributed by atoms with E-state index in [0.29, 0.717) is 0 Å². The first-order valence-corrected chi connectivity index (χ1v) is 22.1. The van der Waals surface area contributed by atoms with Gasteiger partial charge in [0.15, 0.2) is 0 Å². The van der Waals surface area contributed by atoms with Gasteiger partial charge < -0.3 is 9.80 Å². The molecule has 63 heavy (non-hydrogen) atoms. The van der Waals surface area contributed by atoms with E-state index in [0.717, 1.165) is 34.1 Å². The van der Waals surface area contributed by atoms with E-state index in [1.165, 1.54) is 88.3 Å². The molecule has 0 unspecified atom stereocenters. The van der Waals surface area contributed by atoms with Crippen LogP contribution >= 0.6 is 0 Å². The second-order valence-corrected chi connectivity index (χ2v) is 17.7.